The Hall–Kier alpha value is -2.65. The Balaban J connectivity index is 1.75. The van der Waals surface area contributed by atoms with Gasteiger partial charge in [-0.05, 0) is 56.5 Å². The highest BCUT2D eigenvalue weighted by molar-refractivity contribution is 6.30. The summed E-state index contributed by atoms with van der Waals surface area (Å²) in [5.41, 5.74) is 2.15. The highest BCUT2D eigenvalue weighted by Crippen LogP contribution is 2.59. The van der Waals surface area contributed by atoms with Crippen LogP contribution in [0.2, 0.25) is 5.02 Å². The van der Waals surface area contributed by atoms with Gasteiger partial charge in [0.2, 0.25) is 0 Å². The number of aliphatic imine (C=N–C) groups is 1. The fraction of sp³-hybridized carbons (Fsp3) is 0.435. The van der Waals surface area contributed by atoms with Gasteiger partial charge in [-0.25, -0.2) is 18.2 Å². The predicted octanol–water partition coefficient (Wildman–Crippen LogP) is 4.92. The number of pyridine rings is 1. The van der Waals surface area contributed by atoms with Gasteiger partial charge in [0.05, 0.1) is 10.9 Å². The fourth-order valence-corrected chi connectivity index (χ4v) is 4.80. The SMILES string of the molecule is CC1(c2cc(NC(=O)c3ccc(Cl)cn3)ccc2F)N=C(N)CCC2(CCOCC2)C1(F)F. The molecule has 6 nitrogen and oxygen atoms in total. The lowest BCUT2D eigenvalue weighted by atomic mass is 9.64. The van der Waals surface area contributed by atoms with Crippen molar-refractivity contribution < 1.29 is 22.7 Å². The summed E-state index contributed by atoms with van der Waals surface area (Å²) in [6.45, 7) is 1.59. The maximum absolute atomic E-state index is 16.3. The van der Waals surface area contributed by atoms with E-state index in [4.69, 9.17) is 22.1 Å². The Morgan fingerprint density at radius 3 is 2.58 bits per heavy atom. The van der Waals surface area contributed by atoms with Crippen LogP contribution in [0, 0.1) is 11.2 Å². The molecule has 2 aromatic rings. The first-order valence-corrected chi connectivity index (χ1v) is 11.0. The van der Waals surface area contributed by atoms with Gasteiger partial charge in [-0.1, -0.05) is 11.6 Å². The normalized spacial score (nSPS) is 24.1. The van der Waals surface area contributed by atoms with Gasteiger partial charge in [0, 0.05) is 42.5 Å². The van der Waals surface area contributed by atoms with Crippen LogP contribution in [0.3, 0.4) is 0 Å². The molecule has 2 aliphatic rings. The van der Waals surface area contributed by atoms with Crippen molar-refractivity contribution in [2.45, 2.75) is 44.1 Å². The first-order valence-electron chi connectivity index (χ1n) is 10.6. The Bertz CT molecular complexity index is 1090. The van der Waals surface area contributed by atoms with Crippen LogP contribution in [0.15, 0.2) is 41.5 Å². The summed E-state index contributed by atoms with van der Waals surface area (Å²) in [7, 11) is 0. The highest BCUT2D eigenvalue weighted by Gasteiger charge is 2.66. The zero-order valence-corrected chi connectivity index (χ0v) is 18.8. The second kappa shape index (κ2) is 8.61. The number of alkyl halides is 2. The number of rotatable bonds is 3. The maximum Gasteiger partial charge on any atom is 0.282 e. The number of carbonyl (C=O) groups excluding carboxylic acids is 1. The second-order valence-corrected chi connectivity index (χ2v) is 9.09. The number of halogens is 4. The van der Waals surface area contributed by atoms with E-state index in [0.29, 0.717) is 5.02 Å². The summed E-state index contributed by atoms with van der Waals surface area (Å²) in [5, 5.41) is 2.93. The zero-order valence-electron chi connectivity index (χ0n) is 18.0. The lowest BCUT2D eigenvalue weighted by Crippen LogP contribution is -2.55. The lowest BCUT2D eigenvalue weighted by molar-refractivity contribution is -0.202. The third-order valence-electron chi connectivity index (χ3n) is 6.66. The van der Waals surface area contributed by atoms with E-state index in [1.54, 1.807) is 0 Å². The summed E-state index contributed by atoms with van der Waals surface area (Å²) in [6.07, 6.45) is 1.88. The minimum atomic E-state index is -3.42. The van der Waals surface area contributed by atoms with Crippen molar-refractivity contribution in [3.8, 4) is 0 Å². The van der Waals surface area contributed by atoms with Gasteiger partial charge in [0.1, 0.15) is 11.5 Å². The number of anilines is 1. The van der Waals surface area contributed by atoms with E-state index < -0.39 is 28.6 Å². The van der Waals surface area contributed by atoms with Gasteiger partial charge in [0.15, 0.2) is 5.54 Å². The summed E-state index contributed by atoms with van der Waals surface area (Å²) in [4.78, 5) is 20.6. The van der Waals surface area contributed by atoms with E-state index in [1.807, 2.05) is 0 Å². The molecule has 1 saturated heterocycles. The predicted molar refractivity (Wildman–Crippen MR) is 119 cm³/mol. The smallest absolute Gasteiger partial charge is 0.282 e. The molecule has 1 aromatic carbocycles. The van der Waals surface area contributed by atoms with Crippen LogP contribution in [0.5, 0.6) is 0 Å². The lowest BCUT2D eigenvalue weighted by Gasteiger charge is -2.48. The zero-order chi connectivity index (χ0) is 23.9. The number of nitrogens with one attached hydrogen (secondary N) is 1. The average molecular weight is 481 g/mol. The van der Waals surface area contributed by atoms with Crippen LogP contribution in [0.4, 0.5) is 18.9 Å². The molecular formula is C23H24ClF3N4O2. The summed E-state index contributed by atoms with van der Waals surface area (Å²) in [6, 6.07) is 6.43. The largest absolute Gasteiger partial charge is 0.387 e. The number of hydrogen-bond acceptors (Lipinski definition) is 5. The van der Waals surface area contributed by atoms with Gasteiger partial charge < -0.3 is 15.8 Å². The van der Waals surface area contributed by atoms with Crippen molar-refractivity contribution in [2.75, 3.05) is 18.5 Å². The molecule has 1 spiro atoms. The number of carbonyl (C=O) groups is 1. The molecule has 3 N–H and O–H groups in total. The van der Waals surface area contributed by atoms with Crippen molar-refractivity contribution in [2.24, 2.45) is 16.1 Å². The molecule has 33 heavy (non-hydrogen) atoms. The van der Waals surface area contributed by atoms with Crippen LogP contribution in [-0.4, -0.2) is 35.9 Å². The van der Waals surface area contributed by atoms with Gasteiger partial charge in [0.25, 0.3) is 11.8 Å². The van der Waals surface area contributed by atoms with Crippen LogP contribution < -0.4 is 11.1 Å². The molecular weight excluding hydrogens is 457 g/mol. The van der Waals surface area contributed by atoms with Crippen molar-refractivity contribution in [1.29, 1.82) is 0 Å². The second-order valence-electron chi connectivity index (χ2n) is 8.65. The summed E-state index contributed by atoms with van der Waals surface area (Å²) >= 11 is 5.79. The number of nitrogens with zero attached hydrogens (tertiary/aromatic N) is 2. The van der Waals surface area contributed by atoms with Crippen LogP contribution >= 0.6 is 11.6 Å². The third-order valence-corrected chi connectivity index (χ3v) is 6.89. The number of hydrogen-bond donors (Lipinski definition) is 2. The molecule has 1 unspecified atom stereocenters. The Labute approximate surface area is 194 Å². The molecule has 2 aliphatic heterocycles. The standard InChI is InChI=1S/C23H24ClF3N4O2/c1-21(23(26,27)22(7-6-19(28)31-21)8-10-33-11-9-22)16-12-15(3-4-17(16)25)30-20(32)18-5-2-14(24)13-29-18/h2-5,12-13H,6-11H2,1H3,(H2,28,31)(H,30,32). The quantitative estimate of drug-likeness (QED) is 0.652. The van der Waals surface area contributed by atoms with E-state index in [-0.39, 0.29) is 61.7 Å². The minimum absolute atomic E-state index is 0.0414. The number of amidine groups is 1. The van der Waals surface area contributed by atoms with Gasteiger partial charge >= 0.3 is 0 Å². The number of ether oxygens (including phenoxy) is 1. The van der Waals surface area contributed by atoms with E-state index in [9.17, 15) is 4.79 Å². The molecule has 10 heteroatoms. The fourth-order valence-electron chi connectivity index (χ4n) is 4.69. The number of amides is 1. The van der Waals surface area contributed by atoms with Crippen LogP contribution in [-0.2, 0) is 10.3 Å². The Morgan fingerprint density at radius 2 is 1.91 bits per heavy atom. The number of aromatic nitrogens is 1. The average Bonchev–Trinajstić information content (AvgIpc) is 2.85. The van der Waals surface area contributed by atoms with E-state index >= 15 is 13.2 Å². The molecule has 1 aromatic heterocycles. The van der Waals surface area contributed by atoms with Gasteiger partial charge in [-0.15, -0.1) is 0 Å². The van der Waals surface area contributed by atoms with Crippen molar-refractivity contribution in [1.82, 2.24) is 4.98 Å². The van der Waals surface area contributed by atoms with Crippen molar-refractivity contribution in [3.63, 3.8) is 0 Å². The molecule has 4 rings (SSSR count). The molecule has 176 valence electrons. The van der Waals surface area contributed by atoms with E-state index in [0.717, 1.165) is 6.07 Å². The molecule has 1 amide bonds. The van der Waals surface area contributed by atoms with E-state index in [1.165, 1.54) is 37.4 Å². The first kappa shape index (κ1) is 23.5. The van der Waals surface area contributed by atoms with Crippen molar-refractivity contribution in [3.05, 3.63) is 58.6 Å². The summed E-state index contributed by atoms with van der Waals surface area (Å²) in [5.74, 6) is -4.84. The Morgan fingerprint density at radius 1 is 1.18 bits per heavy atom. The summed E-state index contributed by atoms with van der Waals surface area (Å²) < 4.78 is 53.0. The number of benzene rings is 1. The molecule has 0 saturated carbocycles. The molecule has 0 bridgehead atoms. The highest BCUT2D eigenvalue weighted by atomic mass is 35.5. The maximum atomic E-state index is 16.3. The molecule has 1 atom stereocenters. The van der Waals surface area contributed by atoms with Gasteiger partial charge in [-0.3, -0.25) is 9.79 Å². The number of nitrogens with two attached hydrogens (primary N) is 1. The molecule has 3 heterocycles. The molecule has 1 fully saturated rings. The molecule has 0 radical (unpaired) electrons. The molecule has 0 aliphatic carbocycles. The third kappa shape index (κ3) is 4.08. The van der Waals surface area contributed by atoms with E-state index in [2.05, 4.69) is 15.3 Å². The Kier molecular flexibility index (Phi) is 6.13. The minimum Gasteiger partial charge on any atom is -0.387 e. The topological polar surface area (TPSA) is 89.6 Å². The monoisotopic (exact) mass is 480 g/mol. The van der Waals surface area contributed by atoms with Crippen LogP contribution in [0.25, 0.3) is 0 Å². The first-order chi connectivity index (χ1) is 15.6. The van der Waals surface area contributed by atoms with Crippen molar-refractivity contribution >= 4 is 29.0 Å². The van der Waals surface area contributed by atoms with Gasteiger partial charge in [-0.2, -0.15) is 0 Å². The van der Waals surface area contributed by atoms with Crippen LogP contribution in [0.1, 0.15) is 48.7 Å².